The number of aromatic nitrogens is 2. The number of nitrogens with zero attached hydrogens (tertiary/aromatic N) is 2. The third-order valence-electron chi connectivity index (χ3n) is 3.55. The highest BCUT2D eigenvalue weighted by Crippen LogP contribution is 2.20. The van der Waals surface area contributed by atoms with Crippen LogP contribution in [-0.2, 0) is 6.54 Å². The Bertz CT molecular complexity index is 912. The molecule has 0 aliphatic rings. The number of para-hydroxylation sites is 2. The number of carbonyl (C=O) groups excluding carboxylic acids is 1. The van der Waals surface area contributed by atoms with Gasteiger partial charge in [-0.2, -0.15) is 13.9 Å². The number of amides is 1. The first kappa shape index (κ1) is 17.5. The number of alkyl halides is 2. The molecule has 1 heterocycles. The summed E-state index contributed by atoms with van der Waals surface area (Å²) >= 11 is 0. The maximum absolute atomic E-state index is 13.8. The molecule has 5 nitrogen and oxygen atoms in total. The van der Waals surface area contributed by atoms with E-state index >= 15 is 0 Å². The Morgan fingerprint density at radius 1 is 1.12 bits per heavy atom. The van der Waals surface area contributed by atoms with Gasteiger partial charge >= 0.3 is 6.61 Å². The highest BCUT2D eigenvalue weighted by molar-refractivity contribution is 5.92. The Morgan fingerprint density at radius 2 is 1.85 bits per heavy atom. The van der Waals surface area contributed by atoms with E-state index in [2.05, 4.69) is 15.2 Å². The third kappa shape index (κ3) is 4.02. The molecule has 0 radical (unpaired) electrons. The van der Waals surface area contributed by atoms with Crippen molar-refractivity contribution < 1.29 is 22.7 Å². The Balaban J connectivity index is 1.69. The van der Waals surface area contributed by atoms with Crippen LogP contribution in [0.25, 0.3) is 5.69 Å². The van der Waals surface area contributed by atoms with E-state index in [0.29, 0.717) is 5.56 Å². The fourth-order valence-corrected chi connectivity index (χ4v) is 2.34. The lowest BCUT2D eigenvalue weighted by molar-refractivity contribution is -0.0504. The number of hydrogen-bond acceptors (Lipinski definition) is 3. The van der Waals surface area contributed by atoms with Crippen LogP contribution in [-0.4, -0.2) is 22.3 Å². The van der Waals surface area contributed by atoms with E-state index in [9.17, 15) is 18.0 Å². The van der Waals surface area contributed by atoms with Crippen LogP contribution in [0, 0.1) is 5.82 Å². The maximum Gasteiger partial charge on any atom is 0.387 e. The molecule has 1 N–H and O–H groups in total. The van der Waals surface area contributed by atoms with Gasteiger partial charge in [-0.05, 0) is 24.3 Å². The lowest BCUT2D eigenvalue weighted by Crippen LogP contribution is -2.24. The van der Waals surface area contributed by atoms with E-state index in [-0.39, 0.29) is 23.7 Å². The van der Waals surface area contributed by atoms with Gasteiger partial charge in [0.1, 0.15) is 17.3 Å². The molecule has 26 heavy (non-hydrogen) atoms. The van der Waals surface area contributed by atoms with Gasteiger partial charge in [-0.25, -0.2) is 9.07 Å². The summed E-state index contributed by atoms with van der Waals surface area (Å²) in [4.78, 5) is 12.2. The van der Waals surface area contributed by atoms with Gasteiger partial charge in [-0.1, -0.05) is 30.3 Å². The lowest BCUT2D eigenvalue weighted by atomic mass is 10.2. The standard InChI is InChI=1S/C18H14F3N3O2/c19-13-6-2-3-7-15(13)24-10-9-14(23-24)17(25)22-11-12-5-1-4-8-16(12)26-18(20)21/h1-10,18H,11H2,(H,22,25). The highest BCUT2D eigenvalue weighted by Gasteiger charge is 2.14. The number of rotatable bonds is 6. The minimum atomic E-state index is -2.96. The van der Waals surface area contributed by atoms with Crippen LogP contribution in [0.1, 0.15) is 16.1 Å². The van der Waals surface area contributed by atoms with Crippen molar-refractivity contribution in [2.75, 3.05) is 0 Å². The second-order valence-corrected chi connectivity index (χ2v) is 5.27. The first-order valence-electron chi connectivity index (χ1n) is 7.66. The molecule has 3 aromatic rings. The van der Waals surface area contributed by atoms with Gasteiger partial charge in [0, 0.05) is 18.3 Å². The zero-order valence-corrected chi connectivity index (χ0v) is 13.4. The fraction of sp³-hybridized carbons (Fsp3) is 0.111. The second kappa shape index (κ2) is 7.73. The van der Waals surface area contributed by atoms with Crippen LogP contribution in [0.5, 0.6) is 5.75 Å². The van der Waals surface area contributed by atoms with E-state index in [1.807, 2.05) is 0 Å². The summed E-state index contributed by atoms with van der Waals surface area (Å²) in [6.45, 7) is -2.97. The molecule has 8 heteroatoms. The lowest BCUT2D eigenvalue weighted by Gasteiger charge is -2.10. The van der Waals surface area contributed by atoms with E-state index in [4.69, 9.17) is 0 Å². The molecule has 0 spiro atoms. The minimum absolute atomic E-state index is 0.0142. The second-order valence-electron chi connectivity index (χ2n) is 5.27. The average molecular weight is 361 g/mol. The zero-order chi connectivity index (χ0) is 18.5. The molecular weight excluding hydrogens is 347 g/mol. The van der Waals surface area contributed by atoms with E-state index in [0.717, 1.165) is 0 Å². The maximum atomic E-state index is 13.8. The molecule has 1 aromatic heterocycles. The molecule has 0 aliphatic carbocycles. The summed E-state index contributed by atoms with van der Waals surface area (Å²) in [7, 11) is 0. The van der Waals surface area contributed by atoms with E-state index < -0.39 is 18.3 Å². The molecule has 0 unspecified atom stereocenters. The molecule has 134 valence electrons. The van der Waals surface area contributed by atoms with Gasteiger partial charge < -0.3 is 10.1 Å². The molecular formula is C18H14F3N3O2. The van der Waals surface area contributed by atoms with Crippen LogP contribution in [0.4, 0.5) is 13.2 Å². The normalized spacial score (nSPS) is 10.8. The summed E-state index contributed by atoms with van der Waals surface area (Å²) in [5, 5.41) is 6.61. The van der Waals surface area contributed by atoms with Crippen molar-refractivity contribution in [1.29, 1.82) is 0 Å². The fourth-order valence-electron chi connectivity index (χ4n) is 2.34. The molecule has 2 aromatic carbocycles. The largest absolute Gasteiger partial charge is 0.434 e. The van der Waals surface area contributed by atoms with Crippen LogP contribution < -0.4 is 10.1 Å². The van der Waals surface area contributed by atoms with Crippen molar-refractivity contribution in [3.8, 4) is 11.4 Å². The summed E-state index contributed by atoms with van der Waals surface area (Å²) < 4.78 is 44.2. The first-order chi connectivity index (χ1) is 12.5. The number of benzene rings is 2. The van der Waals surface area contributed by atoms with Gasteiger partial charge in [0.15, 0.2) is 5.69 Å². The zero-order valence-electron chi connectivity index (χ0n) is 13.4. The molecule has 3 rings (SSSR count). The molecule has 0 bridgehead atoms. The van der Waals surface area contributed by atoms with E-state index in [1.54, 1.807) is 30.3 Å². The van der Waals surface area contributed by atoms with Gasteiger partial charge in [0.2, 0.25) is 0 Å². The Hall–Kier alpha value is -3.29. The summed E-state index contributed by atoms with van der Waals surface area (Å²) in [5.74, 6) is -1.01. The van der Waals surface area contributed by atoms with Crippen molar-refractivity contribution in [2.45, 2.75) is 13.2 Å². The summed E-state index contributed by atoms with van der Waals surface area (Å²) in [6.07, 6.45) is 1.46. The van der Waals surface area contributed by atoms with Gasteiger partial charge in [-0.15, -0.1) is 0 Å². The van der Waals surface area contributed by atoms with Crippen LogP contribution in [0.2, 0.25) is 0 Å². The van der Waals surface area contributed by atoms with Crippen LogP contribution >= 0.6 is 0 Å². The molecule has 1 amide bonds. The van der Waals surface area contributed by atoms with Crippen molar-refractivity contribution >= 4 is 5.91 Å². The van der Waals surface area contributed by atoms with Crippen molar-refractivity contribution in [2.24, 2.45) is 0 Å². The third-order valence-corrected chi connectivity index (χ3v) is 3.55. The minimum Gasteiger partial charge on any atom is -0.434 e. The quantitative estimate of drug-likeness (QED) is 0.731. The molecule has 0 aliphatic heterocycles. The van der Waals surface area contributed by atoms with Crippen molar-refractivity contribution in [3.05, 3.63) is 77.9 Å². The summed E-state index contributed by atoms with van der Waals surface area (Å²) in [5.41, 5.74) is 0.678. The summed E-state index contributed by atoms with van der Waals surface area (Å²) in [6, 6.07) is 13.6. The monoisotopic (exact) mass is 361 g/mol. The number of halogens is 3. The molecule has 0 saturated heterocycles. The van der Waals surface area contributed by atoms with Crippen molar-refractivity contribution in [3.63, 3.8) is 0 Å². The SMILES string of the molecule is O=C(NCc1ccccc1OC(F)F)c1ccn(-c2ccccc2F)n1. The van der Waals surface area contributed by atoms with Gasteiger partial charge in [0.05, 0.1) is 0 Å². The molecule has 0 saturated carbocycles. The van der Waals surface area contributed by atoms with Crippen molar-refractivity contribution in [1.82, 2.24) is 15.1 Å². The smallest absolute Gasteiger partial charge is 0.387 e. The topological polar surface area (TPSA) is 56.1 Å². The number of hydrogen-bond donors (Lipinski definition) is 1. The highest BCUT2D eigenvalue weighted by atomic mass is 19.3. The average Bonchev–Trinajstić information content (AvgIpc) is 3.10. The van der Waals surface area contributed by atoms with Crippen LogP contribution in [0.3, 0.4) is 0 Å². The molecule has 0 atom stereocenters. The first-order valence-corrected chi connectivity index (χ1v) is 7.66. The Morgan fingerprint density at radius 3 is 2.62 bits per heavy atom. The Kier molecular flexibility index (Phi) is 5.21. The van der Waals surface area contributed by atoms with Crippen LogP contribution in [0.15, 0.2) is 60.8 Å². The van der Waals surface area contributed by atoms with E-state index in [1.165, 1.54) is 35.1 Å². The number of ether oxygens (including phenoxy) is 1. The van der Waals surface area contributed by atoms with Gasteiger partial charge in [0.25, 0.3) is 5.91 Å². The van der Waals surface area contributed by atoms with Gasteiger partial charge in [-0.3, -0.25) is 4.79 Å². The predicted octanol–water partition coefficient (Wildman–Crippen LogP) is 3.54. The molecule has 0 fully saturated rings. The number of nitrogens with one attached hydrogen (secondary N) is 1. The predicted molar refractivity (Wildman–Crippen MR) is 87.8 cm³/mol. The number of carbonyl (C=O) groups is 1. The Labute approximate surface area is 147 Å².